The minimum absolute atomic E-state index is 0.0138. The number of rotatable bonds is 4. The first kappa shape index (κ1) is 17.3. The molecule has 0 bridgehead atoms. The van der Waals surface area contributed by atoms with E-state index in [9.17, 15) is 4.79 Å². The fraction of sp³-hybridized carbons (Fsp3) is 0.400. The van der Waals surface area contributed by atoms with Gasteiger partial charge in [-0.1, -0.05) is 48.5 Å². The molecule has 5 nitrogen and oxygen atoms in total. The van der Waals surface area contributed by atoms with Crippen LogP contribution in [0.5, 0.6) is 0 Å². The van der Waals surface area contributed by atoms with E-state index in [1.807, 2.05) is 36.9 Å². The van der Waals surface area contributed by atoms with Gasteiger partial charge in [-0.3, -0.25) is 0 Å². The minimum Gasteiger partial charge on any atom is -0.361 e. The van der Waals surface area contributed by atoms with Gasteiger partial charge in [0, 0.05) is 31.1 Å². The lowest BCUT2D eigenvalue weighted by molar-refractivity contribution is 0.203. The smallest absolute Gasteiger partial charge is 0.317 e. The van der Waals surface area contributed by atoms with Crippen molar-refractivity contribution in [3.8, 4) is 0 Å². The summed E-state index contributed by atoms with van der Waals surface area (Å²) < 4.78 is 5.22. The van der Waals surface area contributed by atoms with Gasteiger partial charge in [0.05, 0.1) is 5.69 Å². The number of benzene rings is 1. The van der Waals surface area contributed by atoms with Crippen molar-refractivity contribution in [2.45, 2.75) is 33.1 Å². The molecule has 1 aromatic heterocycles. The predicted octanol–water partition coefficient (Wildman–Crippen LogP) is 3.89. The van der Waals surface area contributed by atoms with Crippen molar-refractivity contribution in [1.29, 1.82) is 0 Å². The average molecular weight is 339 g/mol. The summed E-state index contributed by atoms with van der Waals surface area (Å²) in [6.45, 7) is 7.90. The van der Waals surface area contributed by atoms with E-state index in [-0.39, 0.29) is 11.9 Å². The lowest BCUT2D eigenvalue weighted by Crippen LogP contribution is -2.43. The Labute approximate surface area is 148 Å². The minimum atomic E-state index is -0.0138. The van der Waals surface area contributed by atoms with E-state index < -0.39 is 0 Å². The van der Waals surface area contributed by atoms with Gasteiger partial charge in [0.15, 0.2) is 0 Å². The van der Waals surface area contributed by atoms with Crippen molar-refractivity contribution in [2.24, 2.45) is 0 Å². The molecule has 0 aliphatic carbocycles. The second kappa shape index (κ2) is 7.55. The van der Waals surface area contributed by atoms with E-state index in [4.69, 9.17) is 4.52 Å². The summed E-state index contributed by atoms with van der Waals surface area (Å²) in [6, 6.07) is 10.2. The van der Waals surface area contributed by atoms with Crippen LogP contribution >= 0.6 is 0 Å². The Balaban J connectivity index is 1.58. The summed E-state index contributed by atoms with van der Waals surface area (Å²) >= 11 is 0. The maximum absolute atomic E-state index is 12.6. The summed E-state index contributed by atoms with van der Waals surface area (Å²) in [5, 5.41) is 7.05. The van der Waals surface area contributed by atoms with E-state index >= 15 is 0 Å². The van der Waals surface area contributed by atoms with Crippen LogP contribution in [0.25, 0.3) is 5.57 Å². The third-order valence-corrected chi connectivity index (χ3v) is 4.72. The highest BCUT2D eigenvalue weighted by molar-refractivity contribution is 5.78. The lowest BCUT2D eigenvalue weighted by Gasteiger charge is -2.28. The number of aryl methyl sites for hydroxylation is 2. The number of carbonyl (C=O) groups is 1. The van der Waals surface area contributed by atoms with Crippen molar-refractivity contribution < 1.29 is 9.32 Å². The molecule has 1 N–H and O–H groups in total. The highest BCUT2D eigenvalue weighted by Crippen LogP contribution is 2.23. The molecule has 0 saturated carbocycles. The molecule has 0 radical (unpaired) electrons. The maximum atomic E-state index is 12.6. The van der Waals surface area contributed by atoms with Gasteiger partial charge in [-0.15, -0.1) is 0 Å². The van der Waals surface area contributed by atoms with Gasteiger partial charge >= 0.3 is 6.03 Å². The fourth-order valence-electron chi connectivity index (χ4n) is 3.43. The van der Waals surface area contributed by atoms with Gasteiger partial charge < -0.3 is 14.7 Å². The quantitative estimate of drug-likeness (QED) is 0.919. The highest BCUT2D eigenvalue weighted by Gasteiger charge is 2.21. The first-order valence-electron chi connectivity index (χ1n) is 8.76. The molecule has 2 heterocycles. The number of carbonyl (C=O) groups excluding carboxylic acids is 1. The van der Waals surface area contributed by atoms with Crippen LogP contribution in [0.1, 0.15) is 41.8 Å². The fourth-order valence-corrected chi connectivity index (χ4v) is 3.43. The molecule has 0 saturated heterocycles. The zero-order chi connectivity index (χ0) is 17.8. The monoisotopic (exact) mass is 339 g/mol. The SMILES string of the molecule is Cc1noc(C)c1[C@@H](C)CNC(=O)N1CCC=C(c2ccccc2)C1. The molecule has 5 heteroatoms. The van der Waals surface area contributed by atoms with Crippen LogP contribution in [0.15, 0.2) is 40.9 Å². The van der Waals surface area contributed by atoms with Crippen LogP contribution in [-0.2, 0) is 0 Å². The molecule has 1 aliphatic heterocycles. The number of nitrogens with one attached hydrogen (secondary N) is 1. The van der Waals surface area contributed by atoms with Crippen LogP contribution in [0.2, 0.25) is 0 Å². The van der Waals surface area contributed by atoms with Crippen molar-refractivity contribution in [3.05, 3.63) is 59.0 Å². The third kappa shape index (κ3) is 3.92. The summed E-state index contributed by atoms with van der Waals surface area (Å²) in [5.41, 5.74) is 4.38. The van der Waals surface area contributed by atoms with Gasteiger partial charge in [0.25, 0.3) is 0 Å². The van der Waals surface area contributed by atoms with Crippen LogP contribution in [-0.4, -0.2) is 35.7 Å². The van der Waals surface area contributed by atoms with Gasteiger partial charge in [0.1, 0.15) is 5.76 Å². The Morgan fingerprint density at radius 2 is 2.08 bits per heavy atom. The Morgan fingerprint density at radius 1 is 1.32 bits per heavy atom. The van der Waals surface area contributed by atoms with Gasteiger partial charge in [-0.25, -0.2) is 4.79 Å². The van der Waals surface area contributed by atoms with Gasteiger partial charge in [-0.2, -0.15) is 0 Å². The predicted molar refractivity (Wildman–Crippen MR) is 98.4 cm³/mol. The molecule has 0 spiro atoms. The van der Waals surface area contributed by atoms with Gasteiger partial charge in [0.2, 0.25) is 0 Å². The van der Waals surface area contributed by atoms with Crippen molar-refractivity contribution in [2.75, 3.05) is 19.6 Å². The largest absolute Gasteiger partial charge is 0.361 e. The van der Waals surface area contributed by atoms with Crippen LogP contribution < -0.4 is 5.32 Å². The standard InChI is InChI=1S/C20H25N3O2/c1-14(19-15(2)22-25-16(19)3)12-21-20(24)23-11-7-10-18(13-23)17-8-5-4-6-9-17/h4-6,8-10,14H,7,11-13H2,1-3H3,(H,21,24)/t14-/m0/s1. The van der Waals surface area contributed by atoms with E-state index in [0.717, 1.165) is 30.0 Å². The second-order valence-electron chi connectivity index (χ2n) is 6.63. The number of nitrogens with zero attached hydrogens (tertiary/aromatic N) is 2. The molecule has 132 valence electrons. The molecule has 1 atom stereocenters. The first-order valence-corrected chi connectivity index (χ1v) is 8.76. The number of hydrogen-bond acceptors (Lipinski definition) is 3. The Morgan fingerprint density at radius 3 is 2.76 bits per heavy atom. The Hall–Kier alpha value is -2.56. The molecule has 25 heavy (non-hydrogen) atoms. The molecule has 1 aromatic carbocycles. The lowest BCUT2D eigenvalue weighted by atomic mass is 9.99. The van der Waals surface area contributed by atoms with Crippen LogP contribution in [0, 0.1) is 13.8 Å². The summed E-state index contributed by atoms with van der Waals surface area (Å²) in [6.07, 6.45) is 3.11. The average Bonchev–Trinajstić information content (AvgIpc) is 2.99. The second-order valence-corrected chi connectivity index (χ2v) is 6.63. The number of aromatic nitrogens is 1. The first-order chi connectivity index (χ1) is 12.1. The van der Waals surface area contributed by atoms with E-state index in [2.05, 4.69) is 35.6 Å². The van der Waals surface area contributed by atoms with Gasteiger partial charge in [-0.05, 0) is 31.4 Å². The summed E-state index contributed by atoms with van der Waals surface area (Å²) in [7, 11) is 0. The number of amides is 2. The molecule has 0 fully saturated rings. The zero-order valence-corrected chi connectivity index (χ0v) is 15.1. The molecule has 0 unspecified atom stereocenters. The normalized spacial score (nSPS) is 15.6. The number of urea groups is 1. The van der Waals surface area contributed by atoms with Crippen LogP contribution in [0.3, 0.4) is 0 Å². The topological polar surface area (TPSA) is 58.4 Å². The molecule has 2 amide bonds. The summed E-state index contributed by atoms with van der Waals surface area (Å²) in [5.74, 6) is 0.996. The molecule has 3 rings (SSSR count). The molecular weight excluding hydrogens is 314 g/mol. The van der Waals surface area contributed by atoms with E-state index in [1.165, 1.54) is 11.1 Å². The molecule has 2 aromatic rings. The van der Waals surface area contributed by atoms with E-state index in [0.29, 0.717) is 13.1 Å². The Bertz CT molecular complexity index is 745. The molecule has 1 aliphatic rings. The summed E-state index contributed by atoms with van der Waals surface area (Å²) in [4.78, 5) is 14.4. The highest BCUT2D eigenvalue weighted by atomic mass is 16.5. The Kier molecular flexibility index (Phi) is 5.22. The van der Waals surface area contributed by atoms with Crippen molar-refractivity contribution in [3.63, 3.8) is 0 Å². The maximum Gasteiger partial charge on any atom is 0.317 e. The van der Waals surface area contributed by atoms with Crippen LogP contribution in [0.4, 0.5) is 4.79 Å². The third-order valence-electron chi connectivity index (χ3n) is 4.72. The molecular formula is C20H25N3O2. The van der Waals surface area contributed by atoms with E-state index in [1.54, 1.807) is 0 Å². The van der Waals surface area contributed by atoms with Crippen molar-refractivity contribution >= 4 is 11.6 Å². The number of hydrogen-bond donors (Lipinski definition) is 1. The zero-order valence-electron chi connectivity index (χ0n) is 15.1. The van der Waals surface area contributed by atoms with Crippen molar-refractivity contribution in [1.82, 2.24) is 15.4 Å².